The fraction of sp³-hybridized carbons (Fsp3) is 0.500. The third kappa shape index (κ3) is 1.82. The van der Waals surface area contributed by atoms with Gasteiger partial charge in [-0.05, 0) is 34.3 Å². The molecule has 2 heterocycles. The molecule has 17 heavy (non-hydrogen) atoms. The number of halogens is 1. The quantitative estimate of drug-likeness (QED) is 0.854. The van der Waals surface area contributed by atoms with Gasteiger partial charge < -0.3 is 4.90 Å². The molecule has 3 rings (SSSR count). The number of benzene rings is 1. The molecule has 2 aromatic rings. The SMILES string of the molecule is CC(C)C1CN(c2cc(Br)cc3nonc23)C1. The monoisotopic (exact) mass is 295 g/mol. The van der Waals surface area contributed by atoms with Gasteiger partial charge in [0.15, 0.2) is 5.52 Å². The molecular weight excluding hydrogens is 282 g/mol. The van der Waals surface area contributed by atoms with Crippen LogP contribution in [0.5, 0.6) is 0 Å². The number of nitrogens with zero attached hydrogens (tertiary/aromatic N) is 3. The lowest BCUT2D eigenvalue weighted by atomic mass is 9.88. The number of hydrogen-bond donors (Lipinski definition) is 0. The second-order valence-electron chi connectivity index (χ2n) is 4.97. The third-order valence-electron chi connectivity index (χ3n) is 3.50. The van der Waals surface area contributed by atoms with Gasteiger partial charge in [0.2, 0.25) is 0 Å². The van der Waals surface area contributed by atoms with E-state index in [0.717, 1.165) is 46.1 Å². The predicted octanol–water partition coefficient (Wildman–Crippen LogP) is 3.08. The van der Waals surface area contributed by atoms with Gasteiger partial charge in [0.25, 0.3) is 0 Å². The fourth-order valence-corrected chi connectivity index (χ4v) is 2.64. The van der Waals surface area contributed by atoms with Crippen LogP contribution in [0.2, 0.25) is 0 Å². The molecule has 0 N–H and O–H groups in total. The van der Waals surface area contributed by atoms with Crippen molar-refractivity contribution in [2.75, 3.05) is 18.0 Å². The van der Waals surface area contributed by atoms with Crippen LogP contribution in [0.3, 0.4) is 0 Å². The average Bonchev–Trinajstić information content (AvgIpc) is 2.61. The lowest BCUT2D eigenvalue weighted by molar-refractivity contribution is 0.307. The van der Waals surface area contributed by atoms with Crippen molar-refractivity contribution in [3.05, 3.63) is 16.6 Å². The molecule has 0 bridgehead atoms. The first kappa shape index (κ1) is 11.0. The minimum atomic E-state index is 0.740. The molecule has 1 aromatic heterocycles. The summed E-state index contributed by atoms with van der Waals surface area (Å²) in [5.74, 6) is 1.52. The van der Waals surface area contributed by atoms with Gasteiger partial charge in [0.1, 0.15) is 5.52 Å². The summed E-state index contributed by atoms with van der Waals surface area (Å²) in [6.45, 7) is 6.73. The standard InChI is InChI=1S/C12H14BrN3O/c1-7(2)8-5-16(6-8)11-4-9(13)3-10-12(11)15-17-14-10/h3-4,7-8H,5-6H2,1-2H3. The molecule has 1 aromatic carbocycles. The van der Waals surface area contributed by atoms with Crippen molar-refractivity contribution in [3.63, 3.8) is 0 Å². The Labute approximate surface area is 108 Å². The highest BCUT2D eigenvalue weighted by Crippen LogP contribution is 2.35. The van der Waals surface area contributed by atoms with Crippen molar-refractivity contribution in [1.82, 2.24) is 10.3 Å². The summed E-state index contributed by atoms with van der Waals surface area (Å²) < 4.78 is 5.82. The largest absolute Gasteiger partial charge is 0.369 e. The van der Waals surface area contributed by atoms with E-state index in [9.17, 15) is 0 Å². The first-order valence-corrected chi connectivity index (χ1v) is 6.61. The Hall–Kier alpha value is -1.10. The molecule has 1 fully saturated rings. The molecular formula is C12H14BrN3O. The van der Waals surface area contributed by atoms with Gasteiger partial charge in [-0.15, -0.1) is 0 Å². The van der Waals surface area contributed by atoms with E-state index in [1.807, 2.05) is 6.07 Å². The molecule has 90 valence electrons. The maximum absolute atomic E-state index is 4.81. The molecule has 0 atom stereocenters. The molecule has 1 aliphatic rings. The van der Waals surface area contributed by atoms with E-state index >= 15 is 0 Å². The minimum absolute atomic E-state index is 0.740. The zero-order valence-corrected chi connectivity index (χ0v) is 11.4. The number of aromatic nitrogens is 2. The predicted molar refractivity (Wildman–Crippen MR) is 70.0 cm³/mol. The lowest BCUT2D eigenvalue weighted by Crippen LogP contribution is -2.49. The van der Waals surface area contributed by atoms with Crippen LogP contribution in [0.25, 0.3) is 11.0 Å². The highest BCUT2D eigenvalue weighted by Gasteiger charge is 2.31. The van der Waals surface area contributed by atoms with E-state index < -0.39 is 0 Å². The Morgan fingerprint density at radius 2 is 2.12 bits per heavy atom. The maximum Gasteiger partial charge on any atom is 0.158 e. The normalized spacial score (nSPS) is 16.8. The fourth-order valence-electron chi connectivity index (χ4n) is 2.21. The number of rotatable bonds is 2. The van der Waals surface area contributed by atoms with Crippen molar-refractivity contribution in [2.45, 2.75) is 13.8 Å². The van der Waals surface area contributed by atoms with Crippen molar-refractivity contribution in [1.29, 1.82) is 0 Å². The van der Waals surface area contributed by atoms with Gasteiger partial charge >= 0.3 is 0 Å². The van der Waals surface area contributed by atoms with Crippen LogP contribution >= 0.6 is 15.9 Å². The van der Waals surface area contributed by atoms with Crippen molar-refractivity contribution < 1.29 is 4.63 Å². The Morgan fingerprint density at radius 3 is 2.82 bits per heavy atom. The van der Waals surface area contributed by atoms with Crippen LogP contribution in [0, 0.1) is 11.8 Å². The van der Waals surface area contributed by atoms with E-state index in [1.165, 1.54) is 0 Å². The van der Waals surface area contributed by atoms with E-state index in [-0.39, 0.29) is 0 Å². The Balaban J connectivity index is 1.93. The second-order valence-corrected chi connectivity index (χ2v) is 5.88. The summed E-state index contributed by atoms with van der Waals surface area (Å²) >= 11 is 3.50. The van der Waals surface area contributed by atoms with Crippen LogP contribution in [0.4, 0.5) is 5.69 Å². The third-order valence-corrected chi connectivity index (χ3v) is 3.96. The number of anilines is 1. The molecule has 4 nitrogen and oxygen atoms in total. The van der Waals surface area contributed by atoms with E-state index in [4.69, 9.17) is 4.63 Å². The summed E-state index contributed by atoms with van der Waals surface area (Å²) in [5.41, 5.74) is 2.78. The molecule has 0 saturated carbocycles. The minimum Gasteiger partial charge on any atom is -0.369 e. The number of hydrogen-bond acceptors (Lipinski definition) is 4. The van der Waals surface area contributed by atoms with Crippen molar-refractivity contribution in [3.8, 4) is 0 Å². The molecule has 0 amide bonds. The summed E-state index contributed by atoms with van der Waals surface area (Å²) in [7, 11) is 0. The highest BCUT2D eigenvalue weighted by atomic mass is 79.9. The van der Waals surface area contributed by atoms with Gasteiger partial charge in [-0.3, -0.25) is 0 Å². The van der Waals surface area contributed by atoms with Gasteiger partial charge in [-0.1, -0.05) is 29.8 Å². The molecule has 5 heteroatoms. The average molecular weight is 296 g/mol. The lowest BCUT2D eigenvalue weighted by Gasteiger charge is -2.43. The first-order chi connectivity index (χ1) is 8.15. The molecule has 0 unspecified atom stereocenters. The molecule has 0 spiro atoms. The molecule has 0 radical (unpaired) electrons. The molecule has 1 aliphatic heterocycles. The zero-order chi connectivity index (χ0) is 12.0. The van der Waals surface area contributed by atoms with Crippen LogP contribution < -0.4 is 4.90 Å². The Bertz CT molecular complexity index is 546. The van der Waals surface area contributed by atoms with Gasteiger partial charge in [0, 0.05) is 17.6 Å². The first-order valence-electron chi connectivity index (χ1n) is 5.82. The van der Waals surface area contributed by atoms with Gasteiger partial charge in [-0.2, -0.15) is 0 Å². The Morgan fingerprint density at radius 1 is 1.35 bits per heavy atom. The summed E-state index contributed by atoms with van der Waals surface area (Å²) in [4.78, 5) is 2.34. The molecule has 0 aliphatic carbocycles. The van der Waals surface area contributed by atoms with Crippen molar-refractivity contribution in [2.24, 2.45) is 11.8 Å². The van der Waals surface area contributed by atoms with E-state index in [0.29, 0.717) is 0 Å². The van der Waals surface area contributed by atoms with Gasteiger partial charge in [-0.25, -0.2) is 4.63 Å². The van der Waals surface area contributed by atoms with Gasteiger partial charge in [0.05, 0.1) is 5.69 Å². The molecule has 1 saturated heterocycles. The zero-order valence-electron chi connectivity index (χ0n) is 9.85. The Kier molecular flexibility index (Phi) is 2.58. The smallest absolute Gasteiger partial charge is 0.158 e. The second kappa shape index (κ2) is 3.98. The van der Waals surface area contributed by atoms with Crippen LogP contribution in [0.1, 0.15) is 13.8 Å². The van der Waals surface area contributed by atoms with Crippen molar-refractivity contribution >= 4 is 32.7 Å². The van der Waals surface area contributed by atoms with Crippen LogP contribution in [-0.4, -0.2) is 23.4 Å². The topological polar surface area (TPSA) is 42.2 Å². The van der Waals surface area contributed by atoms with E-state index in [1.54, 1.807) is 0 Å². The van der Waals surface area contributed by atoms with E-state index in [2.05, 4.69) is 51.1 Å². The van der Waals surface area contributed by atoms with Crippen LogP contribution in [-0.2, 0) is 0 Å². The summed E-state index contributed by atoms with van der Waals surface area (Å²) in [5, 5.41) is 7.88. The maximum atomic E-state index is 4.81. The number of fused-ring (bicyclic) bond motifs is 1. The summed E-state index contributed by atoms with van der Waals surface area (Å²) in [6.07, 6.45) is 0. The summed E-state index contributed by atoms with van der Waals surface area (Å²) in [6, 6.07) is 4.01. The van der Waals surface area contributed by atoms with Crippen LogP contribution in [0.15, 0.2) is 21.2 Å². The highest BCUT2D eigenvalue weighted by molar-refractivity contribution is 9.10.